The van der Waals surface area contributed by atoms with Crippen LogP contribution in [-0.2, 0) is 16.6 Å². The standard InChI is InChI=1S/C10H16N2O2S/c1-3-12-8-9-5-4-6-10(7-9)15(13,14)11-2/h4-7,11-12H,3,8H2,1-2H3. The zero-order valence-corrected chi connectivity index (χ0v) is 9.76. The Morgan fingerprint density at radius 1 is 1.33 bits per heavy atom. The molecule has 0 saturated carbocycles. The molecule has 5 heteroatoms. The van der Waals surface area contributed by atoms with Crippen LogP contribution in [0.4, 0.5) is 0 Å². The van der Waals surface area contributed by atoms with Gasteiger partial charge in [0.1, 0.15) is 0 Å². The van der Waals surface area contributed by atoms with Crippen LogP contribution in [0.5, 0.6) is 0 Å². The molecule has 0 aromatic heterocycles. The van der Waals surface area contributed by atoms with Gasteiger partial charge in [-0.1, -0.05) is 19.1 Å². The average Bonchev–Trinajstić information content (AvgIpc) is 2.27. The SMILES string of the molecule is CCNCc1cccc(S(=O)(=O)NC)c1. The fraction of sp³-hybridized carbons (Fsp3) is 0.400. The zero-order valence-electron chi connectivity index (χ0n) is 8.95. The Morgan fingerprint density at radius 2 is 2.07 bits per heavy atom. The minimum atomic E-state index is -3.32. The van der Waals surface area contributed by atoms with E-state index in [9.17, 15) is 8.42 Å². The Hall–Kier alpha value is -0.910. The van der Waals surface area contributed by atoms with Crippen LogP contribution in [0.2, 0.25) is 0 Å². The normalized spacial score (nSPS) is 11.6. The largest absolute Gasteiger partial charge is 0.313 e. The molecule has 1 aromatic carbocycles. The van der Waals surface area contributed by atoms with E-state index in [-0.39, 0.29) is 0 Å². The molecule has 0 fully saturated rings. The fourth-order valence-corrected chi connectivity index (χ4v) is 2.01. The van der Waals surface area contributed by atoms with Crippen molar-refractivity contribution >= 4 is 10.0 Å². The van der Waals surface area contributed by atoms with Gasteiger partial charge in [-0.25, -0.2) is 13.1 Å². The highest BCUT2D eigenvalue weighted by Gasteiger charge is 2.10. The van der Waals surface area contributed by atoms with Crippen molar-refractivity contribution in [3.63, 3.8) is 0 Å². The van der Waals surface area contributed by atoms with Crippen molar-refractivity contribution in [3.8, 4) is 0 Å². The molecular weight excluding hydrogens is 212 g/mol. The van der Waals surface area contributed by atoms with Gasteiger partial charge in [0.05, 0.1) is 4.90 Å². The first kappa shape index (κ1) is 12.2. The minimum Gasteiger partial charge on any atom is -0.313 e. The van der Waals surface area contributed by atoms with Crippen molar-refractivity contribution in [2.24, 2.45) is 0 Å². The lowest BCUT2D eigenvalue weighted by Crippen LogP contribution is -2.19. The van der Waals surface area contributed by atoms with Crippen molar-refractivity contribution in [1.29, 1.82) is 0 Å². The van der Waals surface area contributed by atoms with E-state index in [1.54, 1.807) is 18.2 Å². The monoisotopic (exact) mass is 228 g/mol. The predicted molar refractivity (Wildman–Crippen MR) is 60.1 cm³/mol. The average molecular weight is 228 g/mol. The second-order valence-electron chi connectivity index (χ2n) is 3.14. The highest BCUT2D eigenvalue weighted by Crippen LogP contribution is 2.10. The Morgan fingerprint density at radius 3 is 2.67 bits per heavy atom. The zero-order chi connectivity index (χ0) is 11.3. The van der Waals surface area contributed by atoms with Gasteiger partial charge < -0.3 is 5.32 Å². The second kappa shape index (κ2) is 5.25. The lowest BCUT2D eigenvalue weighted by molar-refractivity contribution is 0.588. The van der Waals surface area contributed by atoms with Gasteiger partial charge in [0, 0.05) is 6.54 Å². The molecule has 0 saturated heterocycles. The van der Waals surface area contributed by atoms with Crippen LogP contribution < -0.4 is 10.0 Å². The Kier molecular flexibility index (Phi) is 4.26. The Bertz CT molecular complexity index is 415. The molecule has 15 heavy (non-hydrogen) atoms. The van der Waals surface area contributed by atoms with Gasteiger partial charge in [0.15, 0.2) is 0 Å². The van der Waals surface area contributed by atoms with Gasteiger partial charge in [0.25, 0.3) is 0 Å². The molecule has 0 radical (unpaired) electrons. The smallest absolute Gasteiger partial charge is 0.240 e. The van der Waals surface area contributed by atoms with Gasteiger partial charge in [-0.05, 0) is 31.3 Å². The molecule has 0 unspecified atom stereocenters. The number of benzene rings is 1. The summed E-state index contributed by atoms with van der Waals surface area (Å²) in [5, 5.41) is 3.15. The summed E-state index contributed by atoms with van der Waals surface area (Å²) in [4.78, 5) is 0.306. The van der Waals surface area contributed by atoms with Gasteiger partial charge in [-0.2, -0.15) is 0 Å². The molecule has 0 atom stereocenters. The van der Waals surface area contributed by atoms with E-state index in [2.05, 4.69) is 10.0 Å². The first-order valence-corrected chi connectivity index (χ1v) is 6.31. The van der Waals surface area contributed by atoms with Gasteiger partial charge in [-0.15, -0.1) is 0 Å². The third-order valence-electron chi connectivity index (χ3n) is 2.06. The predicted octanol–water partition coefficient (Wildman–Crippen LogP) is 0.704. The highest BCUT2D eigenvalue weighted by molar-refractivity contribution is 7.89. The van der Waals surface area contributed by atoms with Crippen molar-refractivity contribution in [2.45, 2.75) is 18.4 Å². The molecule has 2 N–H and O–H groups in total. The van der Waals surface area contributed by atoms with Crippen LogP contribution in [0.1, 0.15) is 12.5 Å². The molecule has 84 valence electrons. The molecule has 0 amide bonds. The number of hydrogen-bond acceptors (Lipinski definition) is 3. The molecule has 0 bridgehead atoms. The summed E-state index contributed by atoms with van der Waals surface area (Å²) in [7, 11) is -1.91. The number of hydrogen-bond donors (Lipinski definition) is 2. The van der Waals surface area contributed by atoms with Crippen LogP contribution in [0.25, 0.3) is 0 Å². The fourth-order valence-electron chi connectivity index (χ4n) is 1.21. The van der Waals surface area contributed by atoms with Crippen molar-refractivity contribution in [2.75, 3.05) is 13.6 Å². The van der Waals surface area contributed by atoms with Crippen molar-refractivity contribution in [1.82, 2.24) is 10.0 Å². The van der Waals surface area contributed by atoms with E-state index < -0.39 is 10.0 Å². The first-order chi connectivity index (χ1) is 7.10. The number of rotatable bonds is 5. The Balaban J connectivity index is 2.93. The van der Waals surface area contributed by atoms with E-state index >= 15 is 0 Å². The summed E-state index contributed by atoms with van der Waals surface area (Å²) in [5.41, 5.74) is 0.966. The van der Waals surface area contributed by atoms with E-state index in [1.807, 2.05) is 13.0 Å². The van der Waals surface area contributed by atoms with E-state index in [0.29, 0.717) is 11.4 Å². The van der Waals surface area contributed by atoms with Crippen LogP contribution in [0, 0.1) is 0 Å². The van der Waals surface area contributed by atoms with Crippen LogP contribution in [-0.4, -0.2) is 22.0 Å². The van der Waals surface area contributed by atoms with Gasteiger partial charge >= 0.3 is 0 Å². The molecule has 4 nitrogen and oxygen atoms in total. The molecule has 1 aromatic rings. The maximum Gasteiger partial charge on any atom is 0.240 e. The van der Waals surface area contributed by atoms with E-state index in [4.69, 9.17) is 0 Å². The summed E-state index contributed by atoms with van der Waals surface area (Å²) < 4.78 is 25.3. The van der Waals surface area contributed by atoms with Crippen LogP contribution in [0.3, 0.4) is 0 Å². The number of sulfonamides is 1. The molecule has 0 aliphatic rings. The summed E-state index contributed by atoms with van der Waals surface area (Å²) in [6.07, 6.45) is 0. The van der Waals surface area contributed by atoms with E-state index in [1.165, 1.54) is 7.05 Å². The second-order valence-corrected chi connectivity index (χ2v) is 5.02. The molecule has 0 aliphatic carbocycles. The summed E-state index contributed by atoms with van der Waals surface area (Å²) >= 11 is 0. The van der Waals surface area contributed by atoms with Crippen LogP contribution >= 0.6 is 0 Å². The Labute approximate surface area is 90.8 Å². The molecule has 0 heterocycles. The minimum absolute atomic E-state index is 0.306. The third kappa shape index (κ3) is 3.30. The van der Waals surface area contributed by atoms with Crippen LogP contribution in [0.15, 0.2) is 29.2 Å². The lowest BCUT2D eigenvalue weighted by Gasteiger charge is -2.05. The third-order valence-corrected chi connectivity index (χ3v) is 3.47. The highest BCUT2D eigenvalue weighted by atomic mass is 32.2. The van der Waals surface area contributed by atoms with Crippen molar-refractivity contribution < 1.29 is 8.42 Å². The number of nitrogens with one attached hydrogen (secondary N) is 2. The molecule has 0 aliphatic heterocycles. The van der Waals surface area contributed by atoms with Gasteiger partial charge in [-0.3, -0.25) is 0 Å². The summed E-state index contributed by atoms with van der Waals surface area (Å²) in [6, 6.07) is 6.91. The quantitative estimate of drug-likeness (QED) is 0.780. The maximum atomic E-state index is 11.5. The molecule has 1 rings (SSSR count). The van der Waals surface area contributed by atoms with Crippen molar-refractivity contribution in [3.05, 3.63) is 29.8 Å². The van der Waals surface area contributed by atoms with Gasteiger partial charge in [0.2, 0.25) is 10.0 Å². The summed E-state index contributed by atoms with van der Waals surface area (Å²) in [6.45, 7) is 3.56. The molecule has 0 spiro atoms. The maximum absolute atomic E-state index is 11.5. The lowest BCUT2D eigenvalue weighted by atomic mass is 10.2. The topological polar surface area (TPSA) is 58.2 Å². The summed E-state index contributed by atoms with van der Waals surface area (Å²) in [5.74, 6) is 0. The van der Waals surface area contributed by atoms with E-state index in [0.717, 1.165) is 12.1 Å². The first-order valence-electron chi connectivity index (χ1n) is 4.83. The molecular formula is C10H16N2O2S.